The fourth-order valence-electron chi connectivity index (χ4n) is 1.63. The first kappa shape index (κ1) is 12.9. The summed E-state index contributed by atoms with van der Waals surface area (Å²) in [4.78, 5) is 28.8. The Morgan fingerprint density at radius 1 is 1.50 bits per heavy atom. The van der Waals surface area contributed by atoms with Crippen LogP contribution < -0.4 is 5.56 Å². The van der Waals surface area contributed by atoms with Gasteiger partial charge in [0.1, 0.15) is 16.5 Å². The molecule has 0 unspecified atom stereocenters. The molecule has 102 valence electrons. The van der Waals surface area contributed by atoms with E-state index in [2.05, 4.69) is 10.1 Å². The number of hydrogen-bond donors (Lipinski definition) is 0. The second kappa shape index (κ2) is 5.14. The van der Waals surface area contributed by atoms with Crippen LogP contribution in [-0.4, -0.2) is 20.6 Å². The summed E-state index contributed by atoms with van der Waals surface area (Å²) in [5, 5.41) is 6.59. The lowest BCUT2D eigenvalue weighted by Crippen LogP contribution is -2.16. The molecule has 6 nitrogen and oxygen atoms in total. The highest BCUT2D eigenvalue weighted by molar-refractivity contribution is 7.16. The Morgan fingerprint density at radius 2 is 2.35 bits per heavy atom. The quantitative estimate of drug-likeness (QED) is 0.691. The van der Waals surface area contributed by atoms with Crippen LogP contribution in [0.15, 0.2) is 28.4 Å². The number of carbonyl (C=O) groups is 1. The molecule has 0 aliphatic carbocycles. The van der Waals surface area contributed by atoms with Crippen LogP contribution in [0.5, 0.6) is 0 Å². The molecule has 0 saturated carbocycles. The topological polar surface area (TPSA) is 73.6 Å². The number of rotatable bonds is 3. The Bertz CT molecular complexity index is 820. The monoisotopic (exact) mass is 307 g/mol. The second-order valence-electron chi connectivity index (χ2n) is 3.95. The minimum atomic E-state index is -0.414. The number of ether oxygens (including phenoxy) is 1. The van der Waals surface area contributed by atoms with E-state index in [0.29, 0.717) is 15.5 Å². The van der Waals surface area contributed by atoms with Crippen LogP contribution in [0.25, 0.3) is 4.96 Å². The minimum absolute atomic E-state index is 0.0284. The van der Waals surface area contributed by atoms with Gasteiger partial charge in [-0.05, 0) is 18.4 Å². The predicted molar refractivity (Wildman–Crippen MR) is 75.3 cm³/mol. The van der Waals surface area contributed by atoms with Gasteiger partial charge in [-0.1, -0.05) is 17.4 Å². The molecule has 0 bridgehead atoms. The number of aryl methyl sites for hydroxylation is 1. The SMILES string of the molecule is Cc1nn2c(=O)cc(COC(=O)c3cccs3)nc2s1. The number of carbonyl (C=O) groups excluding carboxylic acids is 1. The molecule has 0 N–H and O–H groups in total. The Kier molecular flexibility index (Phi) is 3.33. The van der Waals surface area contributed by atoms with Crippen LogP contribution in [-0.2, 0) is 11.3 Å². The maximum atomic E-state index is 11.8. The molecule has 0 aromatic carbocycles. The van der Waals surface area contributed by atoms with Gasteiger partial charge >= 0.3 is 5.97 Å². The van der Waals surface area contributed by atoms with Crippen molar-refractivity contribution in [3.63, 3.8) is 0 Å². The first-order chi connectivity index (χ1) is 9.63. The second-order valence-corrected chi connectivity index (χ2v) is 6.06. The average Bonchev–Trinajstić information content (AvgIpc) is 3.04. The molecule has 0 aliphatic heterocycles. The molecule has 3 aromatic rings. The molecule has 3 rings (SSSR count). The van der Waals surface area contributed by atoms with E-state index in [9.17, 15) is 9.59 Å². The molecule has 0 atom stereocenters. The number of thiophene rings is 1. The molecule has 0 aliphatic rings. The van der Waals surface area contributed by atoms with Crippen molar-refractivity contribution in [1.29, 1.82) is 0 Å². The largest absolute Gasteiger partial charge is 0.455 e. The van der Waals surface area contributed by atoms with Crippen molar-refractivity contribution in [2.24, 2.45) is 0 Å². The Hall–Kier alpha value is -2.06. The third kappa shape index (κ3) is 2.47. The standard InChI is InChI=1S/C12H9N3O3S2/c1-7-14-15-10(16)5-8(13-12(15)20-7)6-18-11(17)9-3-2-4-19-9/h2-5H,6H2,1H3. The van der Waals surface area contributed by atoms with Gasteiger partial charge < -0.3 is 4.74 Å². The fourth-order valence-corrected chi connectivity index (χ4v) is 3.01. The minimum Gasteiger partial charge on any atom is -0.455 e. The van der Waals surface area contributed by atoms with E-state index in [1.54, 1.807) is 24.4 Å². The zero-order chi connectivity index (χ0) is 14.1. The molecule has 0 spiro atoms. The summed E-state index contributed by atoms with van der Waals surface area (Å²) < 4.78 is 6.37. The summed E-state index contributed by atoms with van der Waals surface area (Å²) in [7, 11) is 0. The van der Waals surface area contributed by atoms with Crippen LogP contribution in [0.2, 0.25) is 0 Å². The molecular weight excluding hydrogens is 298 g/mol. The van der Waals surface area contributed by atoms with Gasteiger partial charge in [0, 0.05) is 6.07 Å². The molecular formula is C12H9N3O3S2. The van der Waals surface area contributed by atoms with E-state index in [0.717, 1.165) is 5.01 Å². The Labute approximate surface area is 121 Å². The van der Waals surface area contributed by atoms with E-state index < -0.39 is 5.97 Å². The molecule has 0 amide bonds. The van der Waals surface area contributed by atoms with Gasteiger partial charge in [-0.15, -0.1) is 11.3 Å². The zero-order valence-electron chi connectivity index (χ0n) is 10.4. The van der Waals surface area contributed by atoms with Crippen molar-refractivity contribution in [3.05, 3.63) is 49.5 Å². The van der Waals surface area contributed by atoms with Crippen molar-refractivity contribution in [2.75, 3.05) is 0 Å². The molecule has 0 saturated heterocycles. The van der Waals surface area contributed by atoms with Crippen molar-refractivity contribution >= 4 is 33.6 Å². The number of aromatic nitrogens is 3. The van der Waals surface area contributed by atoms with E-state index in [-0.39, 0.29) is 12.2 Å². The summed E-state index contributed by atoms with van der Waals surface area (Å²) in [5.74, 6) is -0.414. The van der Waals surface area contributed by atoms with Gasteiger partial charge in [0.15, 0.2) is 0 Å². The predicted octanol–water partition coefficient (Wildman–Crippen LogP) is 1.88. The van der Waals surface area contributed by atoms with Gasteiger partial charge in [-0.3, -0.25) is 4.79 Å². The lowest BCUT2D eigenvalue weighted by molar-refractivity contribution is 0.0473. The third-order valence-electron chi connectivity index (χ3n) is 2.47. The molecule has 20 heavy (non-hydrogen) atoms. The van der Waals surface area contributed by atoms with Crippen molar-refractivity contribution < 1.29 is 9.53 Å². The van der Waals surface area contributed by atoms with Crippen LogP contribution >= 0.6 is 22.7 Å². The van der Waals surface area contributed by atoms with Gasteiger partial charge in [-0.2, -0.15) is 9.61 Å². The highest BCUT2D eigenvalue weighted by Gasteiger charge is 2.11. The van der Waals surface area contributed by atoms with E-state index in [1.807, 2.05) is 0 Å². The molecule has 3 heterocycles. The average molecular weight is 307 g/mol. The molecule has 8 heteroatoms. The highest BCUT2D eigenvalue weighted by atomic mass is 32.1. The zero-order valence-corrected chi connectivity index (χ0v) is 12.0. The van der Waals surface area contributed by atoms with Gasteiger partial charge in [-0.25, -0.2) is 9.78 Å². The summed E-state index contributed by atoms with van der Waals surface area (Å²) in [5.41, 5.74) is 0.144. The van der Waals surface area contributed by atoms with E-state index in [1.165, 1.54) is 33.3 Å². The van der Waals surface area contributed by atoms with Crippen molar-refractivity contribution in [1.82, 2.24) is 14.6 Å². The van der Waals surface area contributed by atoms with E-state index >= 15 is 0 Å². The highest BCUT2D eigenvalue weighted by Crippen LogP contribution is 2.12. The number of hydrogen-bond acceptors (Lipinski definition) is 7. The summed E-state index contributed by atoms with van der Waals surface area (Å²) in [6.45, 7) is 1.77. The lowest BCUT2D eigenvalue weighted by Gasteiger charge is -2.02. The first-order valence-corrected chi connectivity index (χ1v) is 7.40. The van der Waals surface area contributed by atoms with Gasteiger partial charge in [0.2, 0.25) is 4.96 Å². The summed E-state index contributed by atoms with van der Waals surface area (Å²) in [6.07, 6.45) is 0. The molecule has 0 radical (unpaired) electrons. The fraction of sp³-hybridized carbons (Fsp3) is 0.167. The van der Waals surface area contributed by atoms with Gasteiger partial charge in [0.05, 0.1) is 5.69 Å². The maximum Gasteiger partial charge on any atom is 0.348 e. The van der Waals surface area contributed by atoms with E-state index in [4.69, 9.17) is 4.74 Å². The van der Waals surface area contributed by atoms with Crippen LogP contribution in [0.3, 0.4) is 0 Å². The lowest BCUT2D eigenvalue weighted by atomic mass is 10.4. The smallest absolute Gasteiger partial charge is 0.348 e. The summed E-state index contributed by atoms with van der Waals surface area (Å²) in [6, 6.07) is 4.79. The van der Waals surface area contributed by atoms with Crippen LogP contribution in [0.1, 0.15) is 20.4 Å². The number of esters is 1. The maximum absolute atomic E-state index is 11.8. The first-order valence-electron chi connectivity index (χ1n) is 5.70. The Balaban J connectivity index is 1.81. The third-order valence-corrected chi connectivity index (χ3v) is 4.15. The number of fused-ring (bicyclic) bond motifs is 1. The molecule has 3 aromatic heterocycles. The summed E-state index contributed by atoms with van der Waals surface area (Å²) >= 11 is 2.62. The number of nitrogens with zero attached hydrogens (tertiary/aromatic N) is 3. The Morgan fingerprint density at radius 3 is 3.10 bits per heavy atom. The van der Waals surface area contributed by atoms with Crippen molar-refractivity contribution in [3.8, 4) is 0 Å². The van der Waals surface area contributed by atoms with Crippen LogP contribution in [0, 0.1) is 6.92 Å². The van der Waals surface area contributed by atoms with Crippen LogP contribution in [0.4, 0.5) is 0 Å². The molecule has 0 fully saturated rings. The van der Waals surface area contributed by atoms with Crippen molar-refractivity contribution in [2.45, 2.75) is 13.5 Å². The van der Waals surface area contributed by atoms with Gasteiger partial charge in [0.25, 0.3) is 5.56 Å². The normalized spacial score (nSPS) is 10.8.